The van der Waals surface area contributed by atoms with Gasteiger partial charge in [-0.3, -0.25) is 14.1 Å². The molecule has 41 heavy (non-hydrogen) atoms. The van der Waals surface area contributed by atoms with E-state index in [1.165, 1.54) is 16.8 Å². The lowest BCUT2D eigenvalue weighted by Gasteiger charge is -2.34. The van der Waals surface area contributed by atoms with E-state index in [1.807, 2.05) is 12.1 Å². The van der Waals surface area contributed by atoms with Crippen LogP contribution in [0.1, 0.15) is 44.0 Å². The molecule has 2 aliphatic rings. The number of aryl methyl sites for hydroxylation is 1. The maximum atomic E-state index is 13.9. The Morgan fingerprint density at radius 1 is 1.12 bits per heavy atom. The van der Waals surface area contributed by atoms with Gasteiger partial charge >= 0.3 is 11.9 Å². The SMILES string of the molecule is COC1CC(n2c(=O)n(C)c3nnc4ccc(-c5ccc(C(OCCN6CCC(C)C6)C(F)(F)F)nc5)cc4c32)C1. The van der Waals surface area contributed by atoms with E-state index in [4.69, 9.17) is 9.47 Å². The van der Waals surface area contributed by atoms with Crippen molar-refractivity contribution in [3.8, 4) is 11.1 Å². The highest BCUT2D eigenvalue weighted by atomic mass is 19.4. The average Bonchev–Trinajstić information content (AvgIpc) is 3.45. The summed E-state index contributed by atoms with van der Waals surface area (Å²) >= 11 is 0. The summed E-state index contributed by atoms with van der Waals surface area (Å²) in [5.74, 6) is 0.552. The van der Waals surface area contributed by atoms with E-state index in [9.17, 15) is 18.0 Å². The van der Waals surface area contributed by atoms with Crippen LogP contribution in [0.5, 0.6) is 0 Å². The van der Waals surface area contributed by atoms with E-state index in [0.717, 1.165) is 43.3 Å². The molecule has 0 amide bonds. The first kappa shape index (κ1) is 27.8. The van der Waals surface area contributed by atoms with Crippen molar-refractivity contribution in [2.75, 3.05) is 33.4 Å². The summed E-state index contributed by atoms with van der Waals surface area (Å²) in [5, 5.41) is 9.35. The Kier molecular flexibility index (Phi) is 7.33. The quantitative estimate of drug-likeness (QED) is 0.305. The van der Waals surface area contributed by atoms with Crippen molar-refractivity contribution < 1.29 is 22.6 Å². The van der Waals surface area contributed by atoms with Crippen molar-refractivity contribution in [2.45, 2.75) is 50.6 Å². The summed E-state index contributed by atoms with van der Waals surface area (Å²) in [6.07, 6.45) is -2.64. The fourth-order valence-electron chi connectivity index (χ4n) is 5.96. The van der Waals surface area contributed by atoms with Crippen LogP contribution in [0.25, 0.3) is 33.2 Å². The molecule has 2 fully saturated rings. The summed E-state index contributed by atoms with van der Waals surface area (Å²) in [6.45, 7) is 4.34. The second kappa shape index (κ2) is 10.8. The zero-order valence-electron chi connectivity index (χ0n) is 23.3. The topological polar surface area (TPSA) is 87.3 Å². The van der Waals surface area contributed by atoms with Gasteiger partial charge in [-0.05, 0) is 55.5 Å². The number of likely N-dealkylation sites (tertiary alicyclic amines) is 1. The lowest BCUT2D eigenvalue weighted by Crippen LogP contribution is -2.37. The van der Waals surface area contributed by atoms with E-state index in [2.05, 4.69) is 27.0 Å². The summed E-state index contributed by atoms with van der Waals surface area (Å²) < 4.78 is 55.7. The number of imidazole rings is 1. The molecule has 9 nitrogen and oxygen atoms in total. The number of fused-ring (bicyclic) bond motifs is 3. The maximum absolute atomic E-state index is 13.9. The summed E-state index contributed by atoms with van der Waals surface area (Å²) in [6, 6.07) is 8.48. The fourth-order valence-corrected chi connectivity index (χ4v) is 5.96. The van der Waals surface area contributed by atoms with E-state index >= 15 is 0 Å². The molecule has 0 radical (unpaired) electrons. The Hall–Kier alpha value is -3.35. The third-order valence-electron chi connectivity index (χ3n) is 8.42. The van der Waals surface area contributed by atoms with Gasteiger partial charge < -0.3 is 14.4 Å². The average molecular weight is 571 g/mol. The first-order valence-corrected chi connectivity index (χ1v) is 13.9. The number of benzene rings is 1. The van der Waals surface area contributed by atoms with Gasteiger partial charge in [-0.25, -0.2) is 4.79 Å². The number of pyridine rings is 1. The third-order valence-corrected chi connectivity index (χ3v) is 8.42. The van der Waals surface area contributed by atoms with Crippen LogP contribution in [0.3, 0.4) is 0 Å². The molecule has 12 heteroatoms. The molecule has 2 atom stereocenters. The Morgan fingerprint density at radius 3 is 2.56 bits per heavy atom. The standard InChI is InChI=1S/C29H33F3N6O3/c1-17-8-9-37(16-17)10-11-41-26(29(30,31)32)24-7-5-19(15-33-24)18-4-6-23-22(12-18)25-27(35-34-23)36(2)28(39)38(25)20-13-21(14-20)40-3/h4-7,12,15,17,20-21,26H,8-11,13-14,16H2,1-3H3. The van der Waals surface area contributed by atoms with Gasteiger partial charge in [0, 0.05) is 50.4 Å². The van der Waals surface area contributed by atoms with Gasteiger partial charge in [0.15, 0.2) is 11.8 Å². The second-order valence-corrected chi connectivity index (χ2v) is 11.3. The molecule has 0 bridgehead atoms. The van der Waals surface area contributed by atoms with Crippen LogP contribution in [0, 0.1) is 5.92 Å². The molecule has 1 aromatic carbocycles. The Morgan fingerprint density at radius 2 is 1.90 bits per heavy atom. The van der Waals surface area contributed by atoms with Crippen LogP contribution in [-0.4, -0.2) is 74.8 Å². The predicted octanol–water partition coefficient (Wildman–Crippen LogP) is 4.66. The number of halogens is 3. The van der Waals surface area contributed by atoms with Gasteiger partial charge in [0.05, 0.1) is 23.9 Å². The van der Waals surface area contributed by atoms with Gasteiger partial charge in [0.1, 0.15) is 5.52 Å². The lowest BCUT2D eigenvalue weighted by atomic mass is 9.89. The van der Waals surface area contributed by atoms with Crippen molar-refractivity contribution in [2.24, 2.45) is 13.0 Å². The minimum atomic E-state index is -4.58. The van der Waals surface area contributed by atoms with Crippen LogP contribution in [0.15, 0.2) is 41.3 Å². The highest BCUT2D eigenvalue weighted by Crippen LogP contribution is 2.38. The number of rotatable bonds is 8. The first-order chi connectivity index (χ1) is 19.6. The number of alkyl halides is 3. The third kappa shape index (κ3) is 5.24. The second-order valence-electron chi connectivity index (χ2n) is 11.3. The van der Waals surface area contributed by atoms with Gasteiger partial charge in [-0.1, -0.05) is 19.1 Å². The van der Waals surface area contributed by atoms with Crippen LogP contribution >= 0.6 is 0 Å². The number of nitrogens with zero attached hydrogens (tertiary/aromatic N) is 6. The number of hydrogen-bond acceptors (Lipinski definition) is 7. The molecule has 2 unspecified atom stereocenters. The van der Waals surface area contributed by atoms with E-state index in [1.54, 1.807) is 30.9 Å². The minimum absolute atomic E-state index is 0.0127. The van der Waals surface area contributed by atoms with Gasteiger partial charge in [-0.2, -0.15) is 13.2 Å². The Labute approximate surface area is 234 Å². The molecule has 0 N–H and O–H groups in total. The maximum Gasteiger partial charge on any atom is 0.420 e. The van der Waals surface area contributed by atoms with Crippen molar-refractivity contribution in [3.63, 3.8) is 0 Å². The lowest BCUT2D eigenvalue weighted by molar-refractivity contribution is -0.225. The van der Waals surface area contributed by atoms with Crippen LogP contribution in [-0.2, 0) is 16.5 Å². The van der Waals surface area contributed by atoms with Crippen molar-refractivity contribution >= 4 is 22.1 Å². The summed E-state index contributed by atoms with van der Waals surface area (Å²) in [7, 11) is 3.34. The molecule has 1 saturated heterocycles. The number of methoxy groups -OCH3 is 1. The molecule has 0 spiro atoms. The molecule has 3 aromatic heterocycles. The molecule has 1 saturated carbocycles. The summed E-state index contributed by atoms with van der Waals surface area (Å²) in [5.41, 5.74) is 2.81. The van der Waals surface area contributed by atoms with Crippen LogP contribution in [0.4, 0.5) is 13.2 Å². The van der Waals surface area contributed by atoms with Crippen LogP contribution < -0.4 is 5.69 Å². The van der Waals surface area contributed by atoms with Crippen molar-refractivity contribution in [3.05, 3.63) is 52.7 Å². The number of aromatic nitrogens is 5. The van der Waals surface area contributed by atoms with Crippen molar-refractivity contribution in [1.82, 2.24) is 29.2 Å². The van der Waals surface area contributed by atoms with Crippen LogP contribution in [0.2, 0.25) is 0 Å². The number of hydrogen-bond donors (Lipinski definition) is 0. The molecule has 4 aromatic rings. The molecule has 1 aliphatic heterocycles. The molecule has 4 heterocycles. The minimum Gasteiger partial charge on any atom is -0.381 e. The fraction of sp³-hybridized carbons (Fsp3) is 0.517. The molecule has 218 valence electrons. The molecular formula is C29H33F3N6O3. The van der Waals surface area contributed by atoms with E-state index in [0.29, 0.717) is 34.7 Å². The van der Waals surface area contributed by atoms with Gasteiger partial charge in [0.25, 0.3) is 0 Å². The molecule has 1 aliphatic carbocycles. The van der Waals surface area contributed by atoms with Gasteiger partial charge in [-0.15, -0.1) is 10.2 Å². The Balaban J connectivity index is 1.29. The van der Waals surface area contributed by atoms with Crippen molar-refractivity contribution in [1.29, 1.82) is 0 Å². The summed E-state index contributed by atoms with van der Waals surface area (Å²) in [4.78, 5) is 19.5. The highest BCUT2D eigenvalue weighted by molar-refractivity contribution is 6.02. The zero-order chi connectivity index (χ0) is 28.9. The normalized spacial score (nSPS) is 22.4. The number of ether oxygens (including phenoxy) is 2. The molecular weight excluding hydrogens is 537 g/mol. The Bertz CT molecular complexity index is 1610. The van der Waals surface area contributed by atoms with E-state index < -0.39 is 12.3 Å². The monoisotopic (exact) mass is 570 g/mol. The highest BCUT2D eigenvalue weighted by Gasteiger charge is 2.43. The first-order valence-electron chi connectivity index (χ1n) is 13.9. The largest absolute Gasteiger partial charge is 0.420 e. The van der Waals surface area contributed by atoms with Gasteiger partial charge in [0.2, 0.25) is 0 Å². The zero-order valence-corrected chi connectivity index (χ0v) is 23.3. The predicted molar refractivity (Wildman–Crippen MR) is 148 cm³/mol. The van der Waals surface area contributed by atoms with E-state index in [-0.39, 0.29) is 30.1 Å². The smallest absolute Gasteiger partial charge is 0.381 e. The molecule has 6 rings (SSSR count).